The van der Waals surface area contributed by atoms with Crippen LogP contribution in [0.15, 0.2) is 120 Å². The van der Waals surface area contributed by atoms with Crippen LogP contribution < -0.4 is 0 Å². The summed E-state index contributed by atoms with van der Waals surface area (Å²) < 4.78 is 1.14. The highest BCUT2D eigenvalue weighted by Gasteiger charge is 2.14. The zero-order valence-electron chi connectivity index (χ0n) is 17.6. The van der Waals surface area contributed by atoms with Crippen molar-refractivity contribution < 1.29 is 0 Å². The minimum absolute atomic E-state index is 0.888. The van der Waals surface area contributed by atoms with Crippen LogP contribution in [0.2, 0.25) is 0 Å². The van der Waals surface area contributed by atoms with Gasteiger partial charge in [-0.3, -0.25) is 0 Å². The van der Waals surface area contributed by atoms with Crippen molar-refractivity contribution in [3.63, 3.8) is 0 Å². The highest BCUT2D eigenvalue weighted by molar-refractivity contribution is 9.10. The first-order valence-corrected chi connectivity index (χ1v) is 11.7. The number of hydrogen-bond donors (Lipinski definition) is 0. The second-order valence-corrected chi connectivity index (χ2v) is 9.13. The van der Waals surface area contributed by atoms with Crippen molar-refractivity contribution in [1.82, 2.24) is 0 Å². The van der Waals surface area contributed by atoms with Gasteiger partial charge in [0.05, 0.1) is 0 Å². The molecule has 0 aliphatic carbocycles. The van der Waals surface area contributed by atoms with Gasteiger partial charge in [0.15, 0.2) is 0 Å². The van der Waals surface area contributed by atoms with Crippen molar-refractivity contribution in [3.05, 3.63) is 131 Å². The van der Waals surface area contributed by atoms with Crippen molar-refractivity contribution in [2.75, 3.05) is 0 Å². The van der Waals surface area contributed by atoms with E-state index in [1.807, 2.05) is 0 Å². The van der Waals surface area contributed by atoms with Gasteiger partial charge in [-0.25, -0.2) is 0 Å². The monoisotopic (exact) mass is 472 g/mol. The quantitative estimate of drug-likeness (QED) is 0.225. The number of rotatable bonds is 3. The largest absolute Gasteiger partial charge is 0.0622 e. The Hall–Kier alpha value is -3.42. The van der Waals surface area contributed by atoms with Crippen molar-refractivity contribution in [3.8, 4) is 11.1 Å². The third kappa shape index (κ3) is 3.21. The first kappa shape index (κ1) is 19.3. The van der Waals surface area contributed by atoms with Crippen LogP contribution in [-0.2, 0) is 6.42 Å². The van der Waals surface area contributed by atoms with Crippen LogP contribution in [-0.4, -0.2) is 0 Å². The van der Waals surface area contributed by atoms with Gasteiger partial charge in [0.25, 0.3) is 0 Å². The Morgan fingerprint density at radius 3 is 2.03 bits per heavy atom. The van der Waals surface area contributed by atoms with Crippen LogP contribution in [0.5, 0.6) is 0 Å². The zero-order chi connectivity index (χ0) is 21.5. The fourth-order valence-electron chi connectivity index (χ4n) is 4.93. The molecule has 0 spiro atoms. The van der Waals surface area contributed by atoms with Gasteiger partial charge in [-0.2, -0.15) is 0 Å². The highest BCUT2D eigenvalue weighted by atomic mass is 79.9. The summed E-state index contributed by atoms with van der Waals surface area (Å²) >= 11 is 3.73. The fraction of sp³-hybridized carbons (Fsp3) is 0.0323. The van der Waals surface area contributed by atoms with Crippen molar-refractivity contribution in [1.29, 1.82) is 0 Å². The summed E-state index contributed by atoms with van der Waals surface area (Å²) in [6, 6.07) is 41.7. The van der Waals surface area contributed by atoms with E-state index in [-0.39, 0.29) is 0 Å². The maximum absolute atomic E-state index is 3.73. The van der Waals surface area contributed by atoms with Crippen LogP contribution in [0.3, 0.4) is 0 Å². The second-order valence-electron chi connectivity index (χ2n) is 8.28. The van der Waals surface area contributed by atoms with Crippen molar-refractivity contribution >= 4 is 48.2 Å². The maximum Gasteiger partial charge on any atom is 0.0253 e. The molecular formula is C31H21Br. The van der Waals surface area contributed by atoms with E-state index in [0.717, 1.165) is 10.9 Å². The molecule has 0 heterocycles. The number of benzene rings is 6. The highest BCUT2D eigenvalue weighted by Crippen LogP contribution is 2.38. The Bertz CT molecular complexity index is 1600. The fourth-order valence-corrected chi connectivity index (χ4v) is 5.41. The molecule has 0 aliphatic rings. The van der Waals surface area contributed by atoms with Crippen LogP contribution in [0.4, 0.5) is 0 Å². The third-order valence-electron chi connectivity index (χ3n) is 6.39. The van der Waals surface area contributed by atoms with Crippen LogP contribution in [0, 0.1) is 0 Å². The van der Waals surface area contributed by atoms with Crippen LogP contribution in [0.25, 0.3) is 43.4 Å². The lowest BCUT2D eigenvalue weighted by Crippen LogP contribution is -1.95. The third-order valence-corrected chi connectivity index (χ3v) is 7.08. The smallest absolute Gasteiger partial charge is 0.0253 e. The van der Waals surface area contributed by atoms with Gasteiger partial charge in [0.2, 0.25) is 0 Å². The molecule has 0 fully saturated rings. The molecule has 6 aromatic rings. The maximum atomic E-state index is 3.73. The number of halogens is 1. The molecule has 6 aromatic carbocycles. The van der Waals surface area contributed by atoms with E-state index in [1.54, 1.807) is 0 Å². The van der Waals surface area contributed by atoms with Crippen molar-refractivity contribution in [2.24, 2.45) is 0 Å². The molecule has 152 valence electrons. The van der Waals surface area contributed by atoms with E-state index < -0.39 is 0 Å². The molecule has 0 saturated carbocycles. The van der Waals surface area contributed by atoms with Gasteiger partial charge in [-0.15, -0.1) is 0 Å². The second kappa shape index (κ2) is 7.93. The Morgan fingerprint density at radius 2 is 1.19 bits per heavy atom. The zero-order valence-corrected chi connectivity index (χ0v) is 19.1. The van der Waals surface area contributed by atoms with E-state index in [0.29, 0.717) is 0 Å². The van der Waals surface area contributed by atoms with Gasteiger partial charge in [-0.05, 0) is 67.1 Å². The summed E-state index contributed by atoms with van der Waals surface area (Å²) in [7, 11) is 0. The van der Waals surface area contributed by atoms with Gasteiger partial charge >= 0.3 is 0 Å². The molecule has 1 heteroatoms. The molecule has 0 nitrogen and oxygen atoms in total. The van der Waals surface area contributed by atoms with E-state index >= 15 is 0 Å². The van der Waals surface area contributed by atoms with Gasteiger partial charge < -0.3 is 0 Å². The molecule has 0 atom stereocenters. The average Bonchev–Trinajstić information content (AvgIpc) is 2.86. The van der Waals surface area contributed by atoms with E-state index in [4.69, 9.17) is 0 Å². The Balaban J connectivity index is 1.67. The van der Waals surface area contributed by atoms with Crippen molar-refractivity contribution in [2.45, 2.75) is 6.42 Å². The number of hydrogen-bond acceptors (Lipinski definition) is 0. The van der Waals surface area contributed by atoms with E-state index in [2.05, 4.69) is 131 Å². The first-order valence-electron chi connectivity index (χ1n) is 10.9. The van der Waals surface area contributed by atoms with Gasteiger partial charge in [0.1, 0.15) is 0 Å². The Kier molecular flexibility index (Phi) is 4.78. The Morgan fingerprint density at radius 1 is 0.500 bits per heavy atom. The summed E-state index contributed by atoms with van der Waals surface area (Å²) in [5.74, 6) is 0. The summed E-state index contributed by atoms with van der Waals surface area (Å²) in [6.07, 6.45) is 0.888. The standard InChI is InChI=1S/C31H21Br/c32-30-18-17-23(25-12-6-7-14-28(25)30)20-24-19-22-11-4-5-13-26(22)29-16-8-15-27(31(24)29)21-9-2-1-3-10-21/h1-19H,20H2. The first-order chi connectivity index (χ1) is 15.8. The van der Waals surface area contributed by atoms with E-state index in [9.17, 15) is 0 Å². The molecule has 0 bridgehead atoms. The summed E-state index contributed by atoms with van der Waals surface area (Å²) in [6.45, 7) is 0. The van der Waals surface area contributed by atoms with Gasteiger partial charge in [-0.1, -0.05) is 125 Å². The normalized spacial score (nSPS) is 11.4. The molecular weight excluding hydrogens is 452 g/mol. The minimum Gasteiger partial charge on any atom is -0.0622 e. The Labute approximate surface area is 196 Å². The molecule has 0 aliphatic heterocycles. The van der Waals surface area contributed by atoms with Gasteiger partial charge in [0, 0.05) is 4.47 Å². The molecule has 0 N–H and O–H groups in total. The molecule has 0 amide bonds. The van der Waals surface area contributed by atoms with E-state index in [1.165, 1.54) is 54.6 Å². The molecule has 6 rings (SSSR count). The van der Waals surface area contributed by atoms with Crippen LogP contribution in [0.1, 0.15) is 11.1 Å². The summed E-state index contributed by atoms with van der Waals surface area (Å²) in [4.78, 5) is 0. The lowest BCUT2D eigenvalue weighted by atomic mass is 9.88. The average molecular weight is 473 g/mol. The molecule has 32 heavy (non-hydrogen) atoms. The topological polar surface area (TPSA) is 0 Å². The lowest BCUT2D eigenvalue weighted by Gasteiger charge is -2.16. The lowest BCUT2D eigenvalue weighted by molar-refractivity contribution is 1.24. The predicted octanol–water partition coefficient (Wildman–Crippen LogP) is 9.17. The van der Waals surface area contributed by atoms with Crippen LogP contribution >= 0.6 is 15.9 Å². The summed E-state index contributed by atoms with van der Waals surface area (Å²) in [5.41, 5.74) is 5.27. The minimum atomic E-state index is 0.888. The number of fused-ring (bicyclic) bond motifs is 4. The summed E-state index contributed by atoms with van der Waals surface area (Å²) in [5, 5.41) is 7.84. The molecule has 0 unspecified atom stereocenters. The molecule has 0 saturated heterocycles. The molecule has 0 aromatic heterocycles. The predicted molar refractivity (Wildman–Crippen MR) is 141 cm³/mol. The molecule has 0 radical (unpaired) electrons. The SMILES string of the molecule is Brc1ccc(Cc2cc3ccccc3c3cccc(-c4ccccc4)c23)c2ccccc12.